The Labute approximate surface area is 165 Å². The van der Waals surface area contributed by atoms with E-state index in [9.17, 15) is 9.59 Å². The molecule has 2 aliphatic heterocycles. The van der Waals surface area contributed by atoms with Crippen LogP contribution in [0.4, 0.5) is 0 Å². The predicted octanol–water partition coefficient (Wildman–Crippen LogP) is 3.09. The van der Waals surface area contributed by atoms with Gasteiger partial charge in [0, 0.05) is 19.1 Å². The lowest BCUT2D eigenvalue weighted by atomic mass is 9.59. The monoisotopic (exact) mass is 388 g/mol. The molecule has 1 saturated heterocycles. The van der Waals surface area contributed by atoms with Crippen molar-refractivity contribution >= 4 is 11.9 Å². The van der Waals surface area contributed by atoms with Gasteiger partial charge in [0.25, 0.3) is 0 Å². The Kier molecular flexibility index (Phi) is 5.69. The van der Waals surface area contributed by atoms with E-state index in [1.165, 1.54) is 0 Å². The maximum absolute atomic E-state index is 13.5. The summed E-state index contributed by atoms with van der Waals surface area (Å²) >= 11 is 0. The van der Waals surface area contributed by atoms with Gasteiger partial charge in [-0.25, -0.2) is 0 Å². The molecule has 1 saturated carbocycles. The molecule has 4 atom stereocenters. The highest BCUT2D eigenvalue weighted by molar-refractivity contribution is 6.04. The van der Waals surface area contributed by atoms with Gasteiger partial charge in [0.05, 0.1) is 19.8 Å². The molecule has 1 aromatic carbocycles. The van der Waals surface area contributed by atoms with Gasteiger partial charge < -0.3 is 18.9 Å². The Hall–Kier alpha value is -1.92. The van der Waals surface area contributed by atoms with Crippen LogP contribution in [0.1, 0.15) is 44.1 Å². The van der Waals surface area contributed by atoms with Crippen LogP contribution >= 0.6 is 0 Å². The fourth-order valence-electron chi connectivity index (χ4n) is 5.35. The predicted molar refractivity (Wildman–Crippen MR) is 101 cm³/mol. The SMILES string of the molecule is CCOC(=O)C12C(=O)Oc3ccccc3C1CCOCCOCC1CCCC12. The molecule has 6 heteroatoms. The Bertz CT molecular complexity index is 731. The van der Waals surface area contributed by atoms with Crippen LogP contribution in [0.15, 0.2) is 24.3 Å². The Balaban J connectivity index is 1.88. The standard InChI is InChI=1S/C22H28O6/c1-2-27-20(23)22-17-8-5-6-15(17)14-26-13-12-25-11-10-18(22)16-7-3-4-9-19(16)28-21(22)24/h3-4,7,9,15,17-18H,2,5-6,8,10-14H2,1H3. The maximum Gasteiger partial charge on any atom is 0.329 e. The van der Waals surface area contributed by atoms with E-state index in [4.69, 9.17) is 18.9 Å². The van der Waals surface area contributed by atoms with Crippen LogP contribution in [0.25, 0.3) is 0 Å². The average Bonchev–Trinajstić information content (AvgIpc) is 3.14. The fraction of sp³-hybridized carbons (Fsp3) is 0.636. The van der Waals surface area contributed by atoms with Gasteiger partial charge in [-0.1, -0.05) is 24.6 Å². The molecule has 0 amide bonds. The number of carbonyl (C=O) groups is 2. The lowest BCUT2D eigenvalue weighted by molar-refractivity contribution is -0.178. The van der Waals surface area contributed by atoms with Gasteiger partial charge in [0.15, 0.2) is 5.41 Å². The van der Waals surface area contributed by atoms with Crippen LogP contribution in [0.3, 0.4) is 0 Å². The minimum absolute atomic E-state index is 0.128. The van der Waals surface area contributed by atoms with Crippen molar-refractivity contribution in [3.63, 3.8) is 0 Å². The Morgan fingerprint density at radius 2 is 1.96 bits per heavy atom. The molecular weight excluding hydrogens is 360 g/mol. The van der Waals surface area contributed by atoms with Gasteiger partial charge in [-0.3, -0.25) is 9.59 Å². The minimum atomic E-state index is -1.34. The molecule has 152 valence electrons. The van der Waals surface area contributed by atoms with Crippen molar-refractivity contribution in [1.82, 2.24) is 0 Å². The molecule has 0 N–H and O–H groups in total. The van der Waals surface area contributed by atoms with Crippen molar-refractivity contribution in [1.29, 1.82) is 0 Å². The zero-order valence-corrected chi connectivity index (χ0v) is 16.4. The van der Waals surface area contributed by atoms with E-state index in [2.05, 4.69) is 0 Å². The molecule has 28 heavy (non-hydrogen) atoms. The summed E-state index contributed by atoms with van der Waals surface area (Å²) in [6.07, 6.45) is 3.27. The summed E-state index contributed by atoms with van der Waals surface area (Å²) in [7, 11) is 0. The first-order valence-corrected chi connectivity index (χ1v) is 10.3. The van der Waals surface area contributed by atoms with Gasteiger partial charge >= 0.3 is 11.9 Å². The van der Waals surface area contributed by atoms with E-state index < -0.39 is 17.4 Å². The van der Waals surface area contributed by atoms with Crippen molar-refractivity contribution < 1.29 is 28.5 Å². The highest BCUT2D eigenvalue weighted by Gasteiger charge is 2.64. The number of hydrogen-bond acceptors (Lipinski definition) is 6. The lowest BCUT2D eigenvalue weighted by Gasteiger charge is -2.45. The van der Waals surface area contributed by atoms with Crippen molar-refractivity contribution in [3.05, 3.63) is 29.8 Å². The molecule has 0 radical (unpaired) electrons. The molecule has 2 fully saturated rings. The van der Waals surface area contributed by atoms with Crippen LogP contribution in [0.2, 0.25) is 0 Å². The number of esters is 2. The minimum Gasteiger partial charge on any atom is -0.465 e. The maximum atomic E-state index is 13.5. The second-order valence-electron chi connectivity index (χ2n) is 7.84. The topological polar surface area (TPSA) is 71.1 Å². The second kappa shape index (κ2) is 8.21. The van der Waals surface area contributed by atoms with E-state index in [0.717, 1.165) is 24.8 Å². The number of rotatable bonds is 2. The number of para-hydroxylation sites is 1. The zero-order chi connectivity index (χ0) is 19.6. The largest absolute Gasteiger partial charge is 0.465 e. The summed E-state index contributed by atoms with van der Waals surface area (Å²) in [5.74, 6) is -0.759. The summed E-state index contributed by atoms with van der Waals surface area (Å²) in [5.41, 5.74) is -0.452. The third kappa shape index (κ3) is 3.12. The lowest BCUT2D eigenvalue weighted by Crippen LogP contribution is -2.56. The molecule has 0 aromatic heterocycles. The number of fused-ring (bicyclic) bond motifs is 5. The molecule has 0 bridgehead atoms. The van der Waals surface area contributed by atoms with Crippen molar-refractivity contribution in [3.8, 4) is 5.75 Å². The summed E-state index contributed by atoms with van der Waals surface area (Å²) in [6, 6.07) is 7.52. The fourth-order valence-corrected chi connectivity index (χ4v) is 5.35. The Morgan fingerprint density at radius 3 is 2.82 bits per heavy atom. The molecule has 4 rings (SSSR count). The van der Waals surface area contributed by atoms with Crippen molar-refractivity contribution in [2.24, 2.45) is 17.3 Å². The molecule has 3 aliphatic rings. The third-order valence-corrected chi connectivity index (χ3v) is 6.50. The first kappa shape index (κ1) is 19.4. The molecule has 6 nitrogen and oxygen atoms in total. The number of hydrogen-bond donors (Lipinski definition) is 0. The van der Waals surface area contributed by atoms with E-state index in [0.29, 0.717) is 38.6 Å². The first-order valence-electron chi connectivity index (χ1n) is 10.3. The highest BCUT2D eigenvalue weighted by atomic mass is 16.6. The normalized spacial score (nSPS) is 32.9. The molecule has 0 spiro atoms. The quantitative estimate of drug-likeness (QED) is 0.440. The number of benzene rings is 1. The van der Waals surface area contributed by atoms with E-state index in [1.54, 1.807) is 13.0 Å². The summed E-state index contributed by atoms with van der Waals surface area (Å²) in [4.78, 5) is 27.0. The van der Waals surface area contributed by atoms with E-state index in [1.807, 2.05) is 18.2 Å². The van der Waals surface area contributed by atoms with Gasteiger partial charge in [-0.2, -0.15) is 0 Å². The van der Waals surface area contributed by atoms with Crippen molar-refractivity contribution in [2.45, 2.75) is 38.5 Å². The van der Waals surface area contributed by atoms with Crippen LogP contribution in [-0.4, -0.2) is 45.0 Å². The van der Waals surface area contributed by atoms with Crippen LogP contribution in [0, 0.1) is 17.3 Å². The van der Waals surface area contributed by atoms with Gasteiger partial charge in [0.1, 0.15) is 5.75 Å². The average molecular weight is 388 g/mol. The van der Waals surface area contributed by atoms with E-state index >= 15 is 0 Å². The summed E-state index contributed by atoms with van der Waals surface area (Å²) < 4.78 is 22.8. The highest BCUT2D eigenvalue weighted by Crippen LogP contribution is 2.57. The summed E-state index contributed by atoms with van der Waals surface area (Å²) in [5, 5.41) is 0. The van der Waals surface area contributed by atoms with Gasteiger partial charge in [-0.15, -0.1) is 0 Å². The molecule has 4 unspecified atom stereocenters. The number of carbonyl (C=O) groups excluding carboxylic acids is 2. The second-order valence-corrected chi connectivity index (χ2v) is 7.84. The van der Waals surface area contributed by atoms with Crippen molar-refractivity contribution in [2.75, 3.05) is 33.0 Å². The zero-order valence-electron chi connectivity index (χ0n) is 16.4. The molecule has 1 aromatic rings. The third-order valence-electron chi connectivity index (χ3n) is 6.50. The Morgan fingerprint density at radius 1 is 1.14 bits per heavy atom. The first-order chi connectivity index (χ1) is 13.7. The van der Waals surface area contributed by atoms with E-state index in [-0.39, 0.29) is 24.4 Å². The molecular formula is C22H28O6. The van der Waals surface area contributed by atoms with Crippen LogP contribution < -0.4 is 4.74 Å². The number of ether oxygens (including phenoxy) is 4. The molecule has 1 aliphatic carbocycles. The van der Waals surface area contributed by atoms with Gasteiger partial charge in [-0.05, 0) is 49.7 Å². The van der Waals surface area contributed by atoms with Gasteiger partial charge in [0.2, 0.25) is 0 Å². The molecule has 2 heterocycles. The smallest absolute Gasteiger partial charge is 0.329 e. The summed E-state index contributed by atoms with van der Waals surface area (Å²) in [6.45, 7) is 4.02. The van der Waals surface area contributed by atoms with Crippen LogP contribution in [-0.2, 0) is 23.8 Å². The van der Waals surface area contributed by atoms with Crippen LogP contribution in [0.5, 0.6) is 5.75 Å².